The lowest BCUT2D eigenvalue weighted by molar-refractivity contribution is 0.0982. The average Bonchev–Trinajstić information content (AvgIpc) is 3.27. The molecular formula is C26H25N3O3S. The van der Waals surface area contributed by atoms with E-state index in [1.54, 1.807) is 48.4 Å². The molecule has 0 saturated carbocycles. The Morgan fingerprint density at radius 1 is 0.879 bits per heavy atom. The van der Waals surface area contributed by atoms with Crippen LogP contribution in [0, 0.1) is 0 Å². The number of ether oxygens (including phenoxy) is 1. The summed E-state index contributed by atoms with van der Waals surface area (Å²) in [5, 5.41) is 0.634. The van der Waals surface area contributed by atoms with Crippen LogP contribution in [-0.2, 0) is 0 Å². The molecule has 4 aromatic rings. The molecule has 1 amide bonds. The van der Waals surface area contributed by atoms with Gasteiger partial charge in [-0.1, -0.05) is 53.8 Å². The first-order valence-corrected chi connectivity index (χ1v) is 11.4. The van der Waals surface area contributed by atoms with Gasteiger partial charge in [0.05, 0.1) is 17.3 Å². The van der Waals surface area contributed by atoms with Crippen molar-refractivity contribution >= 4 is 38.4 Å². The third-order valence-electron chi connectivity index (χ3n) is 5.26. The molecule has 0 atom stereocenters. The maximum Gasteiger partial charge on any atom is 0.260 e. The summed E-state index contributed by atoms with van der Waals surface area (Å²) in [5.41, 5.74) is 2.47. The first-order chi connectivity index (χ1) is 16.0. The van der Waals surface area contributed by atoms with Crippen molar-refractivity contribution in [1.82, 2.24) is 9.88 Å². The van der Waals surface area contributed by atoms with Crippen molar-refractivity contribution in [3.63, 3.8) is 0 Å². The fourth-order valence-corrected chi connectivity index (χ4v) is 4.37. The fourth-order valence-electron chi connectivity index (χ4n) is 3.40. The maximum absolute atomic E-state index is 13.5. The summed E-state index contributed by atoms with van der Waals surface area (Å²) in [6.45, 7) is 1.18. The minimum Gasteiger partial charge on any atom is -0.497 e. The van der Waals surface area contributed by atoms with Crippen molar-refractivity contribution in [3.05, 3.63) is 89.5 Å². The van der Waals surface area contributed by atoms with E-state index in [9.17, 15) is 9.59 Å². The number of nitrogens with zero attached hydrogens (tertiary/aromatic N) is 3. The van der Waals surface area contributed by atoms with Crippen LogP contribution in [-0.4, -0.2) is 55.9 Å². The van der Waals surface area contributed by atoms with Crippen molar-refractivity contribution < 1.29 is 14.3 Å². The number of hydrogen-bond donors (Lipinski definition) is 0. The minimum absolute atomic E-state index is 0.0702. The standard InChI is InChI=1S/C26H25N3O3S/c1-28(2)15-16-29(26-27-22-17-21(32-3)13-14-23(22)33-26)25(31)20-11-9-19(10-12-20)24(30)18-7-5-4-6-8-18/h4-14,17H,15-16H2,1-3H3. The number of fused-ring (bicyclic) bond motifs is 1. The van der Waals surface area contributed by atoms with Crippen molar-refractivity contribution in [2.45, 2.75) is 0 Å². The summed E-state index contributed by atoms with van der Waals surface area (Å²) in [4.78, 5) is 34.6. The second-order valence-electron chi connectivity index (χ2n) is 7.86. The van der Waals surface area contributed by atoms with Crippen molar-refractivity contribution in [1.29, 1.82) is 0 Å². The molecule has 1 heterocycles. The van der Waals surface area contributed by atoms with Crippen LogP contribution in [0.5, 0.6) is 5.75 Å². The van der Waals surface area contributed by atoms with E-state index in [1.165, 1.54) is 11.3 Å². The van der Waals surface area contributed by atoms with Crippen LogP contribution >= 0.6 is 11.3 Å². The van der Waals surface area contributed by atoms with E-state index in [2.05, 4.69) is 0 Å². The molecule has 0 radical (unpaired) electrons. The highest BCUT2D eigenvalue weighted by atomic mass is 32.1. The molecule has 0 spiro atoms. The Hall–Kier alpha value is -3.55. The highest BCUT2D eigenvalue weighted by Gasteiger charge is 2.22. The molecule has 1 aromatic heterocycles. The molecule has 33 heavy (non-hydrogen) atoms. The number of amides is 1. The Morgan fingerprint density at radius 2 is 1.55 bits per heavy atom. The third kappa shape index (κ3) is 5.10. The molecule has 7 heteroatoms. The van der Waals surface area contributed by atoms with Crippen LogP contribution < -0.4 is 9.64 Å². The molecule has 0 fully saturated rings. The number of hydrogen-bond acceptors (Lipinski definition) is 6. The number of anilines is 1. The normalized spacial score (nSPS) is 11.0. The highest BCUT2D eigenvalue weighted by molar-refractivity contribution is 7.22. The lowest BCUT2D eigenvalue weighted by Crippen LogP contribution is -2.36. The van der Waals surface area contributed by atoms with Gasteiger partial charge in [-0.2, -0.15) is 0 Å². The monoisotopic (exact) mass is 459 g/mol. The molecule has 0 aliphatic carbocycles. The minimum atomic E-state index is -0.151. The molecule has 0 aliphatic heterocycles. The van der Waals surface area contributed by atoms with Gasteiger partial charge < -0.3 is 9.64 Å². The number of methoxy groups -OCH3 is 1. The predicted octanol–water partition coefficient (Wildman–Crippen LogP) is 4.74. The van der Waals surface area contributed by atoms with Gasteiger partial charge in [-0.3, -0.25) is 14.5 Å². The molecule has 0 aliphatic rings. The first-order valence-electron chi connectivity index (χ1n) is 10.6. The average molecular weight is 460 g/mol. The molecule has 6 nitrogen and oxygen atoms in total. The van der Waals surface area contributed by atoms with E-state index in [4.69, 9.17) is 9.72 Å². The largest absolute Gasteiger partial charge is 0.497 e. The highest BCUT2D eigenvalue weighted by Crippen LogP contribution is 2.32. The number of aromatic nitrogens is 1. The Morgan fingerprint density at radius 3 is 2.21 bits per heavy atom. The van der Waals surface area contributed by atoms with Gasteiger partial charge in [0, 0.05) is 35.8 Å². The van der Waals surface area contributed by atoms with Gasteiger partial charge in [-0.05, 0) is 38.4 Å². The van der Waals surface area contributed by atoms with E-state index < -0.39 is 0 Å². The smallest absolute Gasteiger partial charge is 0.260 e. The van der Waals surface area contributed by atoms with Crippen LogP contribution in [0.1, 0.15) is 26.3 Å². The molecule has 0 unspecified atom stereocenters. The summed E-state index contributed by atoms with van der Waals surface area (Å²) in [6, 6.07) is 21.6. The molecule has 0 bridgehead atoms. The van der Waals surface area contributed by atoms with Crippen molar-refractivity contribution in [2.24, 2.45) is 0 Å². The quantitative estimate of drug-likeness (QED) is 0.356. The fraction of sp³-hybridized carbons (Fsp3) is 0.192. The zero-order valence-electron chi connectivity index (χ0n) is 18.8. The van der Waals surface area contributed by atoms with Gasteiger partial charge in [0.1, 0.15) is 5.75 Å². The number of thiazole rings is 1. The molecule has 0 saturated heterocycles. The van der Waals surface area contributed by atoms with E-state index in [1.807, 2.05) is 55.4 Å². The van der Waals surface area contributed by atoms with Crippen LogP contribution in [0.3, 0.4) is 0 Å². The van der Waals surface area contributed by atoms with Gasteiger partial charge in [0.2, 0.25) is 0 Å². The number of likely N-dealkylation sites (N-methyl/N-ethyl adjacent to an activating group) is 1. The Bertz CT molecular complexity index is 1270. The summed E-state index contributed by atoms with van der Waals surface area (Å²) in [6.07, 6.45) is 0. The molecule has 0 N–H and O–H groups in total. The van der Waals surface area contributed by atoms with E-state index >= 15 is 0 Å². The summed E-state index contributed by atoms with van der Waals surface area (Å²) in [7, 11) is 5.55. The van der Waals surface area contributed by atoms with Gasteiger partial charge in [0.15, 0.2) is 10.9 Å². The number of ketones is 1. The Labute approximate surface area is 197 Å². The Kier molecular flexibility index (Phi) is 6.82. The number of benzene rings is 3. The van der Waals surface area contributed by atoms with Gasteiger partial charge in [-0.15, -0.1) is 0 Å². The van der Waals surface area contributed by atoms with E-state index in [-0.39, 0.29) is 11.7 Å². The van der Waals surface area contributed by atoms with Crippen LogP contribution in [0.2, 0.25) is 0 Å². The number of carbonyl (C=O) groups excluding carboxylic acids is 2. The van der Waals surface area contributed by atoms with E-state index in [0.717, 1.165) is 16.0 Å². The lowest BCUT2D eigenvalue weighted by Gasteiger charge is -2.22. The SMILES string of the molecule is COc1ccc2sc(N(CCN(C)C)C(=O)c3ccc(C(=O)c4ccccc4)cc3)nc2c1. The zero-order chi connectivity index (χ0) is 23.4. The summed E-state index contributed by atoms with van der Waals surface area (Å²) >= 11 is 1.47. The molecular weight excluding hydrogens is 434 g/mol. The topological polar surface area (TPSA) is 62.7 Å². The second-order valence-corrected chi connectivity index (χ2v) is 8.87. The number of rotatable bonds is 8. The van der Waals surface area contributed by atoms with Crippen LogP contribution in [0.4, 0.5) is 5.13 Å². The number of carbonyl (C=O) groups is 2. The van der Waals surface area contributed by atoms with Gasteiger partial charge >= 0.3 is 0 Å². The summed E-state index contributed by atoms with van der Waals surface area (Å²) in [5.74, 6) is 0.505. The maximum atomic E-state index is 13.5. The van der Waals surface area contributed by atoms with E-state index in [0.29, 0.717) is 34.9 Å². The lowest BCUT2D eigenvalue weighted by atomic mass is 10.0. The Balaban J connectivity index is 1.62. The zero-order valence-corrected chi connectivity index (χ0v) is 19.6. The third-order valence-corrected chi connectivity index (χ3v) is 6.32. The first kappa shape index (κ1) is 22.6. The van der Waals surface area contributed by atoms with Crippen LogP contribution in [0.25, 0.3) is 10.2 Å². The predicted molar refractivity (Wildman–Crippen MR) is 133 cm³/mol. The van der Waals surface area contributed by atoms with Crippen molar-refractivity contribution in [3.8, 4) is 5.75 Å². The van der Waals surface area contributed by atoms with Crippen LogP contribution in [0.15, 0.2) is 72.8 Å². The second kappa shape index (κ2) is 9.94. The van der Waals surface area contributed by atoms with Crippen molar-refractivity contribution in [2.75, 3.05) is 39.2 Å². The molecule has 168 valence electrons. The summed E-state index contributed by atoms with van der Waals surface area (Å²) < 4.78 is 6.28. The molecule has 4 rings (SSSR count). The van der Waals surface area contributed by atoms with Gasteiger partial charge in [0.25, 0.3) is 5.91 Å². The van der Waals surface area contributed by atoms with Gasteiger partial charge in [-0.25, -0.2) is 4.98 Å². The molecule has 3 aromatic carbocycles.